The van der Waals surface area contributed by atoms with Crippen LogP contribution in [-0.4, -0.2) is 16.5 Å². The van der Waals surface area contributed by atoms with Gasteiger partial charge in [0.1, 0.15) is 0 Å². The molecule has 1 heterocycles. The molecule has 4 nitrogen and oxygen atoms in total. The van der Waals surface area contributed by atoms with Crippen molar-refractivity contribution in [1.82, 2.24) is 4.98 Å². The molecule has 21 heavy (non-hydrogen) atoms. The molecule has 0 aliphatic heterocycles. The fourth-order valence-corrected chi connectivity index (χ4v) is 2.98. The Bertz CT molecular complexity index is 783. The second-order valence-electron chi connectivity index (χ2n) is 4.91. The number of hydrogen-bond donors (Lipinski definition) is 1. The molecular formula is C16H13BrN2O2. The van der Waals surface area contributed by atoms with Crippen molar-refractivity contribution in [2.24, 2.45) is 0 Å². The van der Waals surface area contributed by atoms with E-state index in [1.807, 2.05) is 54.7 Å². The van der Waals surface area contributed by atoms with Gasteiger partial charge >= 0.3 is 0 Å². The van der Waals surface area contributed by atoms with Crippen LogP contribution in [0, 0.1) is 10.1 Å². The van der Waals surface area contributed by atoms with Gasteiger partial charge in [0.2, 0.25) is 6.54 Å². The fraction of sp³-hybridized carbons (Fsp3) is 0.125. The molecule has 0 saturated carbocycles. The highest BCUT2D eigenvalue weighted by atomic mass is 79.9. The van der Waals surface area contributed by atoms with Crippen molar-refractivity contribution in [3.63, 3.8) is 0 Å². The number of aromatic amines is 1. The largest absolute Gasteiger partial charge is 0.361 e. The van der Waals surface area contributed by atoms with Gasteiger partial charge in [0.05, 0.1) is 5.92 Å². The van der Waals surface area contributed by atoms with Gasteiger partial charge in [0.25, 0.3) is 0 Å². The Morgan fingerprint density at radius 3 is 2.67 bits per heavy atom. The van der Waals surface area contributed by atoms with Gasteiger partial charge in [-0.25, -0.2) is 0 Å². The molecular weight excluding hydrogens is 332 g/mol. The van der Waals surface area contributed by atoms with Crippen LogP contribution in [0.15, 0.2) is 59.2 Å². The lowest BCUT2D eigenvalue weighted by Gasteiger charge is -2.12. The zero-order chi connectivity index (χ0) is 14.8. The highest BCUT2D eigenvalue weighted by molar-refractivity contribution is 9.10. The van der Waals surface area contributed by atoms with Gasteiger partial charge in [0, 0.05) is 26.5 Å². The van der Waals surface area contributed by atoms with E-state index in [9.17, 15) is 10.1 Å². The predicted molar refractivity (Wildman–Crippen MR) is 86.1 cm³/mol. The van der Waals surface area contributed by atoms with E-state index in [1.54, 1.807) is 0 Å². The Morgan fingerprint density at radius 1 is 1.19 bits per heavy atom. The monoisotopic (exact) mass is 344 g/mol. The first-order valence-corrected chi connectivity index (χ1v) is 7.38. The van der Waals surface area contributed by atoms with E-state index >= 15 is 0 Å². The first-order chi connectivity index (χ1) is 10.1. The minimum absolute atomic E-state index is 0.122. The van der Waals surface area contributed by atoms with Crippen LogP contribution in [0.3, 0.4) is 0 Å². The molecule has 0 bridgehead atoms. The number of rotatable bonds is 4. The topological polar surface area (TPSA) is 58.9 Å². The van der Waals surface area contributed by atoms with Crippen LogP contribution in [0.5, 0.6) is 0 Å². The maximum absolute atomic E-state index is 11.1. The molecule has 0 radical (unpaired) electrons. The summed E-state index contributed by atoms with van der Waals surface area (Å²) >= 11 is 3.46. The summed E-state index contributed by atoms with van der Waals surface area (Å²) in [6.07, 6.45) is 1.87. The smallest absolute Gasteiger partial charge is 0.214 e. The van der Waals surface area contributed by atoms with Crippen molar-refractivity contribution in [2.45, 2.75) is 5.92 Å². The van der Waals surface area contributed by atoms with Gasteiger partial charge in [-0.15, -0.1) is 0 Å². The number of benzene rings is 2. The zero-order valence-electron chi connectivity index (χ0n) is 11.1. The molecule has 106 valence electrons. The average molecular weight is 345 g/mol. The van der Waals surface area contributed by atoms with Crippen molar-refractivity contribution in [3.8, 4) is 0 Å². The molecule has 3 rings (SSSR count). The molecule has 0 aliphatic carbocycles. The maximum atomic E-state index is 11.1. The van der Waals surface area contributed by atoms with E-state index in [0.29, 0.717) is 0 Å². The second kappa shape index (κ2) is 5.69. The summed E-state index contributed by atoms with van der Waals surface area (Å²) in [5.41, 5.74) is 2.89. The Morgan fingerprint density at radius 2 is 1.95 bits per heavy atom. The van der Waals surface area contributed by atoms with Gasteiger partial charge < -0.3 is 4.98 Å². The van der Waals surface area contributed by atoms with Gasteiger partial charge in [0.15, 0.2) is 0 Å². The van der Waals surface area contributed by atoms with E-state index in [-0.39, 0.29) is 17.4 Å². The number of nitro groups is 1. The highest BCUT2D eigenvalue weighted by Gasteiger charge is 2.23. The highest BCUT2D eigenvalue weighted by Crippen LogP contribution is 2.32. The average Bonchev–Trinajstić information content (AvgIpc) is 2.88. The molecule has 1 aromatic heterocycles. The lowest BCUT2D eigenvalue weighted by molar-refractivity contribution is -0.481. The Hall–Kier alpha value is -2.14. The van der Waals surface area contributed by atoms with Gasteiger partial charge in [-0.3, -0.25) is 10.1 Å². The summed E-state index contributed by atoms with van der Waals surface area (Å²) < 4.78 is 0.962. The molecule has 1 N–H and O–H groups in total. The van der Waals surface area contributed by atoms with Crippen molar-refractivity contribution < 1.29 is 4.92 Å². The van der Waals surface area contributed by atoms with Gasteiger partial charge in [-0.05, 0) is 29.3 Å². The quantitative estimate of drug-likeness (QED) is 0.565. The van der Waals surface area contributed by atoms with Crippen LogP contribution in [0.2, 0.25) is 0 Å². The Labute approximate surface area is 130 Å². The summed E-state index contributed by atoms with van der Waals surface area (Å²) in [5.74, 6) is -0.260. The molecule has 0 fully saturated rings. The normalized spacial score (nSPS) is 12.4. The van der Waals surface area contributed by atoms with Crippen LogP contribution in [-0.2, 0) is 0 Å². The van der Waals surface area contributed by atoms with Crippen molar-refractivity contribution >= 4 is 26.8 Å². The van der Waals surface area contributed by atoms with Gasteiger partial charge in [-0.2, -0.15) is 0 Å². The molecule has 1 atom stereocenters. The van der Waals surface area contributed by atoms with Crippen LogP contribution in [0.1, 0.15) is 17.0 Å². The van der Waals surface area contributed by atoms with Gasteiger partial charge in [-0.1, -0.05) is 46.3 Å². The molecule has 5 heteroatoms. The summed E-state index contributed by atoms with van der Waals surface area (Å²) in [5, 5.41) is 12.1. The van der Waals surface area contributed by atoms with Crippen LogP contribution >= 0.6 is 15.9 Å². The van der Waals surface area contributed by atoms with Crippen LogP contribution in [0.25, 0.3) is 10.9 Å². The Balaban J connectivity index is 2.14. The minimum Gasteiger partial charge on any atom is -0.361 e. The van der Waals surface area contributed by atoms with E-state index in [1.165, 1.54) is 0 Å². The number of fused-ring (bicyclic) bond motifs is 1. The number of hydrogen-bond acceptors (Lipinski definition) is 2. The number of aromatic nitrogens is 1. The lowest BCUT2D eigenvalue weighted by Crippen LogP contribution is -2.13. The third-order valence-corrected chi connectivity index (χ3v) is 4.08. The summed E-state index contributed by atoms with van der Waals surface area (Å²) in [4.78, 5) is 14.0. The van der Waals surface area contributed by atoms with Crippen molar-refractivity contribution in [3.05, 3.63) is 80.4 Å². The molecule has 2 aromatic carbocycles. The van der Waals surface area contributed by atoms with E-state index in [0.717, 1.165) is 26.5 Å². The van der Waals surface area contributed by atoms with Crippen molar-refractivity contribution in [1.29, 1.82) is 0 Å². The standard InChI is InChI=1S/C16H13BrN2O2/c17-12-6-7-16-13(8-12)14(9-18-16)15(10-19(20)21)11-4-2-1-3-5-11/h1-9,15,18H,10H2/t15-/m1/s1. The first-order valence-electron chi connectivity index (χ1n) is 6.58. The van der Waals surface area contributed by atoms with Crippen molar-refractivity contribution in [2.75, 3.05) is 6.54 Å². The molecule has 0 unspecified atom stereocenters. The third kappa shape index (κ3) is 2.83. The molecule has 0 spiro atoms. The zero-order valence-corrected chi connectivity index (χ0v) is 12.7. The maximum Gasteiger partial charge on any atom is 0.214 e. The third-order valence-electron chi connectivity index (χ3n) is 3.58. The first kappa shape index (κ1) is 13.8. The predicted octanol–water partition coefficient (Wildman–Crippen LogP) is 4.34. The summed E-state index contributed by atoms with van der Waals surface area (Å²) in [7, 11) is 0. The van der Waals surface area contributed by atoms with E-state index in [2.05, 4.69) is 20.9 Å². The van der Waals surface area contributed by atoms with Crippen LogP contribution in [0.4, 0.5) is 0 Å². The number of halogens is 1. The lowest BCUT2D eigenvalue weighted by atomic mass is 9.91. The fourth-order valence-electron chi connectivity index (χ4n) is 2.62. The molecule has 0 amide bonds. The van der Waals surface area contributed by atoms with E-state index in [4.69, 9.17) is 0 Å². The summed E-state index contributed by atoms with van der Waals surface area (Å²) in [6, 6.07) is 15.5. The number of nitrogens with zero attached hydrogens (tertiary/aromatic N) is 1. The molecule has 0 saturated heterocycles. The molecule has 3 aromatic rings. The van der Waals surface area contributed by atoms with E-state index < -0.39 is 0 Å². The Kier molecular flexibility index (Phi) is 3.75. The van der Waals surface area contributed by atoms with Crippen LogP contribution < -0.4 is 0 Å². The SMILES string of the molecule is O=[N+]([O-])C[C@H](c1ccccc1)c1c[nH]c2ccc(Br)cc12. The number of nitrogens with one attached hydrogen (secondary N) is 1. The summed E-state index contributed by atoms with van der Waals surface area (Å²) in [6.45, 7) is -0.122. The number of H-pyrrole nitrogens is 1. The minimum atomic E-state index is -0.260. The molecule has 0 aliphatic rings. The second-order valence-corrected chi connectivity index (χ2v) is 5.83.